The van der Waals surface area contributed by atoms with E-state index in [9.17, 15) is 22.8 Å². The van der Waals surface area contributed by atoms with Crippen LogP contribution >= 0.6 is 0 Å². The molecule has 2 aromatic carbocycles. The average Bonchev–Trinajstić information content (AvgIpc) is 3.11. The lowest BCUT2D eigenvalue weighted by molar-refractivity contribution is -0.118. The Kier molecular flexibility index (Phi) is 6.07. The maximum Gasteiger partial charge on any atom is 0.275 e. The van der Waals surface area contributed by atoms with Crippen molar-refractivity contribution >= 4 is 17.5 Å². The Morgan fingerprint density at radius 2 is 2.06 bits per heavy atom. The fraction of sp³-hybridized carbons (Fsp3) is 0.167. The van der Waals surface area contributed by atoms with Gasteiger partial charge in [0, 0.05) is 12.0 Å². The molecule has 0 saturated heterocycles. The normalized spacial score (nSPS) is 17.0. The number of amides is 2. The summed E-state index contributed by atoms with van der Waals surface area (Å²) >= 11 is 0. The maximum absolute atomic E-state index is 14.5. The molecule has 1 aliphatic heterocycles. The van der Waals surface area contributed by atoms with Crippen molar-refractivity contribution in [2.24, 2.45) is 0 Å². The minimum Gasteiger partial charge on any atom is -0.339 e. The molecule has 0 unspecified atom stereocenters. The second kappa shape index (κ2) is 9.12. The van der Waals surface area contributed by atoms with Crippen LogP contribution in [0.15, 0.2) is 42.6 Å². The Bertz CT molecular complexity index is 1390. The third-order valence-corrected chi connectivity index (χ3v) is 5.34. The van der Waals surface area contributed by atoms with E-state index in [2.05, 4.69) is 21.7 Å². The number of carbonyl (C=O) groups is 2. The molecule has 0 aliphatic carbocycles. The first-order valence-corrected chi connectivity index (χ1v) is 10.1. The number of nitrogens with one attached hydrogen (secondary N) is 2. The van der Waals surface area contributed by atoms with Gasteiger partial charge >= 0.3 is 0 Å². The molecule has 10 heteroatoms. The Morgan fingerprint density at radius 1 is 1.26 bits per heavy atom. The van der Waals surface area contributed by atoms with Crippen molar-refractivity contribution in [1.29, 1.82) is 5.26 Å². The molecular formula is C24H16F3N5O2. The third-order valence-electron chi connectivity index (χ3n) is 5.34. The number of hydrogen-bond acceptors (Lipinski definition) is 4. The lowest BCUT2D eigenvalue weighted by atomic mass is 9.92. The van der Waals surface area contributed by atoms with Crippen molar-refractivity contribution in [3.8, 4) is 18.4 Å². The lowest BCUT2D eigenvalue weighted by Gasteiger charge is -2.16. The van der Waals surface area contributed by atoms with E-state index in [1.54, 1.807) is 24.3 Å². The van der Waals surface area contributed by atoms with Crippen LogP contribution in [0.5, 0.6) is 0 Å². The summed E-state index contributed by atoms with van der Waals surface area (Å²) in [6, 6.07) is 8.99. The highest BCUT2D eigenvalue weighted by Gasteiger charge is 2.33. The summed E-state index contributed by atoms with van der Waals surface area (Å²) in [5.41, 5.74) is 0.338. The first kappa shape index (κ1) is 22.6. The summed E-state index contributed by atoms with van der Waals surface area (Å²) in [5, 5.41) is 17.6. The van der Waals surface area contributed by atoms with Crippen LogP contribution in [0.25, 0.3) is 0 Å². The summed E-state index contributed by atoms with van der Waals surface area (Å²) < 4.78 is 43.6. The molecule has 2 amide bonds. The van der Waals surface area contributed by atoms with E-state index >= 15 is 0 Å². The Balaban J connectivity index is 1.54. The highest BCUT2D eigenvalue weighted by atomic mass is 19.1. The van der Waals surface area contributed by atoms with Crippen molar-refractivity contribution in [3.63, 3.8) is 0 Å². The van der Waals surface area contributed by atoms with E-state index < -0.39 is 46.9 Å². The summed E-state index contributed by atoms with van der Waals surface area (Å²) in [7, 11) is 0. The van der Waals surface area contributed by atoms with Gasteiger partial charge in [-0.15, -0.1) is 6.42 Å². The van der Waals surface area contributed by atoms with E-state index in [0.29, 0.717) is 17.2 Å². The van der Waals surface area contributed by atoms with Crippen LogP contribution in [0.4, 0.5) is 18.9 Å². The summed E-state index contributed by atoms with van der Waals surface area (Å²) in [5.74, 6) is -3.06. The number of nitriles is 1. The molecule has 1 aliphatic rings. The highest BCUT2D eigenvalue weighted by molar-refractivity contribution is 6.01. The number of aromatic nitrogens is 2. The second-order valence-electron chi connectivity index (χ2n) is 7.66. The standard InChI is InChI=1S/C24H16F3N5O2/c1-2-15-7-20(23(33)30-21-17(15)8-16(25)9-18(21)26)29-24(34)22-19(27)12-32(31-22)11-14-5-3-4-13(6-14)10-28/h1,3-6,8-9,12,15,20H,7,11H2,(H,29,34)(H,30,33)/t15-,20+/m0/s1. The van der Waals surface area contributed by atoms with Crippen molar-refractivity contribution in [1.82, 2.24) is 15.1 Å². The van der Waals surface area contributed by atoms with Crippen molar-refractivity contribution in [2.75, 3.05) is 5.32 Å². The number of benzene rings is 2. The second-order valence-corrected chi connectivity index (χ2v) is 7.66. The SMILES string of the molecule is C#C[C@H]1C[C@@H](NC(=O)c2nn(Cc3cccc(C#N)c3)cc2F)C(=O)Nc2c(F)cc(F)cc21. The van der Waals surface area contributed by atoms with Gasteiger partial charge in [-0.3, -0.25) is 14.3 Å². The van der Waals surface area contributed by atoms with Gasteiger partial charge in [-0.05, 0) is 35.7 Å². The van der Waals surface area contributed by atoms with Crippen LogP contribution in [0.2, 0.25) is 0 Å². The summed E-state index contributed by atoms with van der Waals surface area (Å²) in [6.45, 7) is 0.100. The predicted octanol–water partition coefficient (Wildman–Crippen LogP) is 3.08. The number of halogens is 3. The monoisotopic (exact) mass is 463 g/mol. The first-order chi connectivity index (χ1) is 16.3. The third kappa shape index (κ3) is 4.48. The highest BCUT2D eigenvalue weighted by Crippen LogP contribution is 2.34. The smallest absolute Gasteiger partial charge is 0.275 e. The van der Waals surface area contributed by atoms with Gasteiger partial charge in [-0.1, -0.05) is 18.1 Å². The zero-order chi connectivity index (χ0) is 24.4. The molecule has 170 valence electrons. The molecule has 0 spiro atoms. The molecule has 2 N–H and O–H groups in total. The zero-order valence-electron chi connectivity index (χ0n) is 17.5. The van der Waals surface area contributed by atoms with Crippen LogP contribution in [-0.2, 0) is 11.3 Å². The maximum atomic E-state index is 14.5. The topological polar surface area (TPSA) is 99.8 Å². The van der Waals surface area contributed by atoms with Gasteiger partial charge in [-0.2, -0.15) is 10.4 Å². The minimum atomic E-state index is -1.25. The number of carbonyl (C=O) groups excluding carboxylic acids is 2. The molecule has 1 aromatic heterocycles. The van der Waals surface area contributed by atoms with Gasteiger partial charge in [0.1, 0.15) is 17.7 Å². The number of hydrogen-bond donors (Lipinski definition) is 2. The molecular weight excluding hydrogens is 447 g/mol. The van der Waals surface area contributed by atoms with Gasteiger partial charge in [0.2, 0.25) is 5.91 Å². The number of fused-ring (bicyclic) bond motifs is 1. The van der Waals surface area contributed by atoms with Gasteiger partial charge in [-0.25, -0.2) is 13.2 Å². The summed E-state index contributed by atoms with van der Waals surface area (Å²) in [4.78, 5) is 25.3. The fourth-order valence-electron chi connectivity index (χ4n) is 3.75. The molecule has 0 bridgehead atoms. The van der Waals surface area contributed by atoms with E-state index in [4.69, 9.17) is 11.7 Å². The van der Waals surface area contributed by atoms with E-state index in [1.165, 1.54) is 4.68 Å². The van der Waals surface area contributed by atoms with E-state index in [0.717, 1.165) is 12.3 Å². The molecule has 0 saturated carbocycles. The van der Waals surface area contributed by atoms with Crippen molar-refractivity contribution in [3.05, 3.63) is 82.4 Å². The molecule has 0 radical (unpaired) electrons. The van der Waals surface area contributed by atoms with Crippen LogP contribution in [0, 0.1) is 41.1 Å². The number of nitrogens with zero attached hydrogens (tertiary/aromatic N) is 3. The van der Waals surface area contributed by atoms with Crippen LogP contribution < -0.4 is 10.6 Å². The van der Waals surface area contributed by atoms with E-state index in [-0.39, 0.29) is 24.2 Å². The largest absolute Gasteiger partial charge is 0.339 e. The Morgan fingerprint density at radius 3 is 2.79 bits per heavy atom. The lowest BCUT2D eigenvalue weighted by Crippen LogP contribution is -2.44. The zero-order valence-corrected chi connectivity index (χ0v) is 17.5. The fourth-order valence-corrected chi connectivity index (χ4v) is 3.75. The predicted molar refractivity (Wildman–Crippen MR) is 115 cm³/mol. The molecule has 0 fully saturated rings. The Hall–Kier alpha value is -4.57. The first-order valence-electron chi connectivity index (χ1n) is 10.1. The number of terminal acetylenes is 1. The van der Waals surface area contributed by atoms with E-state index in [1.807, 2.05) is 6.07 Å². The molecule has 4 rings (SSSR count). The van der Waals surface area contributed by atoms with Gasteiger partial charge in [0.25, 0.3) is 5.91 Å². The van der Waals surface area contributed by atoms with Gasteiger partial charge < -0.3 is 10.6 Å². The van der Waals surface area contributed by atoms with Gasteiger partial charge in [0.15, 0.2) is 11.5 Å². The van der Waals surface area contributed by atoms with Crippen LogP contribution in [-0.4, -0.2) is 27.6 Å². The van der Waals surface area contributed by atoms with Crippen molar-refractivity contribution < 1.29 is 22.8 Å². The quantitative estimate of drug-likeness (QED) is 0.581. The van der Waals surface area contributed by atoms with Gasteiger partial charge in [0.05, 0.1) is 30.1 Å². The molecule has 2 heterocycles. The molecule has 3 aromatic rings. The molecule has 7 nitrogen and oxygen atoms in total. The van der Waals surface area contributed by atoms with Crippen molar-refractivity contribution in [2.45, 2.75) is 24.9 Å². The van der Waals surface area contributed by atoms with Crippen LogP contribution in [0.1, 0.15) is 39.5 Å². The molecule has 2 atom stereocenters. The summed E-state index contributed by atoms with van der Waals surface area (Å²) in [6.07, 6.45) is 6.37. The minimum absolute atomic E-state index is 0.0696. The average molecular weight is 463 g/mol. The molecule has 34 heavy (non-hydrogen) atoms. The van der Waals surface area contributed by atoms with Crippen LogP contribution in [0.3, 0.4) is 0 Å². The Labute approximate surface area is 192 Å². The number of anilines is 1. The number of rotatable bonds is 4.